The Hall–Kier alpha value is -2.90. The van der Waals surface area contributed by atoms with Gasteiger partial charge in [0.05, 0.1) is 27.5 Å². The quantitative estimate of drug-likeness (QED) is 0.528. The number of nitrogens with one attached hydrogen (secondary N) is 3. The van der Waals surface area contributed by atoms with Gasteiger partial charge in [-0.15, -0.1) is 0 Å². The number of carbonyl (C=O) groups is 1. The number of imidazole rings is 1. The van der Waals surface area contributed by atoms with Gasteiger partial charge in [-0.25, -0.2) is 4.98 Å². The van der Waals surface area contributed by atoms with Crippen molar-refractivity contribution in [1.29, 1.82) is 0 Å². The number of aromatic nitrogens is 2. The first-order valence-corrected chi connectivity index (χ1v) is 9.49. The second-order valence-electron chi connectivity index (χ2n) is 6.45. The fraction of sp³-hybridized carbons (Fsp3) is 0.500. The first-order chi connectivity index (χ1) is 13.6. The van der Waals surface area contributed by atoms with Gasteiger partial charge in [0, 0.05) is 23.7 Å². The van der Waals surface area contributed by atoms with Crippen LogP contribution in [0.1, 0.15) is 39.5 Å². The fourth-order valence-corrected chi connectivity index (χ4v) is 3.08. The van der Waals surface area contributed by atoms with E-state index in [4.69, 9.17) is 14.2 Å². The predicted octanol–water partition coefficient (Wildman–Crippen LogP) is 4.33. The third-order valence-corrected chi connectivity index (χ3v) is 4.41. The van der Waals surface area contributed by atoms with Gasteiger partial charge in [0.2, 0.25) is 17.6 Å². The molecule has 0 radical (unpaired) electrons. The van der Waals surface area contributed by atoms with Crippen molar-refractivity contribution in [2.75, 3.05) is 32.0 Å². The largest absolute Gasteiger partial charge is 0.493 e. The Morgan fingerprint density at radius 2 is 1.68 bits per heavy atom. The first kappa shape index (κ1) is 21.4. The summed E-state index contributed by atoms with van der Waals surface area (Å²) in [4.78, 5) is 19.8. The SMILES string of the molecule is CCCC(CCC)C(=O)Nc1cnc(Nc2cc(OC)c(OC)c(OC)c2)[nH]1. The summed E-state index contributed by atoms with van der Waals surface area (Å²) >= 11 is 0. The highest BCUT2D eigenvalue weighted by atomic mass is 16.5. The molecule has 0 unspecified atom stereocenters. The van der Waals surface area contributed by atoms with Gasteiger partial charge in [-0.3, -0.25) is 4.79 Å². The molecule has 0 fully saturated rings. The zero-order valence-electron chi connectivity index (χ0n) is 17.2. The molecule has 0 aliphatic heterocycles. The molecular weight excluding hydrogens is 360 g/mol. The van der Waals surface area contributed by atoms with Crippen LogP contribution in [0.3, 0.4) is 0 Å². The van der Waals surface area contributed by atoms with Crippen LogP contribution in [0.4, 0.5) is 17.5 Å². The van der Waals surface area contributed by atoms with E-state index in [0.717, 1.165) is 25.7 Å². The minimum absolute atomic E-state index is 0.0184. The van der Waals surface area contributed by atoms with Crippen molar-refractivity contribution in [2.45, 2.75) is 39.5 Å². The summed E-state index contributed by atoms with van der Waals surface area (Å²) in [6.07, 6.45) is 5.31. The van der Waals surface area contributed by atoms with E-state index in [9.17, 15) is 4.79 Å². The van der Waals surface area contributed by atoms with Gasteiger partial charge in [0.1, 0.15) is 5.82 Å². The van der Waals surface area contributed by atoms with E-state index in [1.807, 2.05) is 0 Å². The van der Waals surface area contributed by atoms with Crippen molar-refractivity contribution in [3.8, 4) is 17.2 Å². The summed E-state index contributed by atoms with van der Waals surface area (Å²) in [5.41, 5.74) is 0.705. The van der Waals surface area contributed by atoms with Crippen LogP contribution in [-0.2, 0) is 4.79 Å². The molecule has 0 spiro atoms. The van der Waals surface area contributed by atoms with Crippen molar-refractivity contribution < 1.29 is 19.0 Å². The number of anilines is 3. The van der Waals surface area contributed by atoms with Crippen LogP contribution in [0.15, 0.2) is 18.3 Å². The van der Waals surface area contributed by atoms with Crippen LogP contribution in [0.5, 0.6) is 17.2 Å². The molecular formula is C20H30N4O4. The Morgan fingerprint density at radius 3 is 2.18 bits per heavy atom. The smallest absolute Gasteiger partial charge is 0.228 e. The topological polar surface area (TPSA) is 97.5 Å². The normalized spacial score (nSPS) is 10.6. The zero-order valence-corrected chi connectivity index (χ0v) is 17.2. The van der Waals surface area contributed by atoms with E-state index in [1.54, 1.807) is 39.7 Å². The highest BCUT2D eigenvalue weighted by Gasteiger charge is 2.18. The molecule has 154 valence electrons. The maximum absolute atomic E-state index is 12.5. The second-order valence-corrected chi connectivity index (χ2v) is 6.45. The number of H-pyrrole nitrogens is 1. The molecule has 1 amide bonds. The molecule has 8 heteroatoms. The average Bonchev–Trinajstić information content (AvgIpc) is 3.13. The van der Waals surface area contributed by atoms with Crippen LogP contribution in [0, 0.1) is 5.92 Å². The molecule has 0 bridgehead atoms. The average molecular weight is 390 g/mol. The highest BCUT2D eigenvalue weighted by Crippen LogP contribution is 2.40. The molecule has 3 N–H and O–H groups in total. The number of ether oxygens (including phenoxy) is 3. The number of methoxy groups -OCH3 is 3. The number of hydrogen-bond donors (Lipinski definition) is 3. The molecule has 1 heterocycles. The lowest BCUT2D eigenvalue weighted by Crippen LogP contribution is -2.22. The van der Waals surface area contributed by atoms with Gasteiger partial charge in [0.15, 0.2) is 11.5 Å². The molecule has 0 aliphatic carbocycles. The highest BCUT2D eigenvalue weighted by molar-refractivity contribution is 5.91. The number of nitrogens with zero attached hydrogens (tertiary/aromatic N) is 1. The van der Waals surface area contributed by atoms with Crippen LogP contribution >= 0.6 is 0 Å². The van der Waals surface area contributed by atoms with Crippen molar-refractivity contribution in [3.05, 3.63) is 18.3 Å². The molecule has 28 heavy (non-hydrogen) atoms. The van der Waals surface area contributed by atoms with E-state index in [1.165, 1.54) is 0 Å². The van der Waals surface area contributed by atoms with Crippen molar-refractivity contribution in [1.82, 2.24) is 9.97 Å². The van der Waals surface area contributed by atoms with Gasteiger partial charge in [-0.2, -0.15) is 0 Å². The standard InChI is InChI=1S/C20H30N4O4/c1-6-8-13(9-7-2)19(25)23-17-12-21-20(24-17)22-14-10-15(26-3)18(28-5)16(11-14)27-4/h10-13H,6-9H2,1-5H3,(H,23,25)(H2,21,22,24). The minimum atomic E-state index is 0.0184. The number of rotatable bonds is 11. The lowest BCUT2D eigenvalue weighted by molar-refractivity contribution is -0.120. The van der Waals surface area contributed by atoms with Crippen molar-refractivity contribution in [3.63, 3.8) is 0 Å². The Labute approximate surface area is 166 Å². The monoisotopic (exact) mass is 390 g/mol. The molecule has 1 aromatic heterocycles. The Morgan fingerprint density at radius 1 is 1.07 bits per heavy atom. The number of hydrogen-bond acceptors (Lipinski definition) is 6. The predicted molar refractivity (Wildman–Crippen MR) is 110 cm³/mol. The van der Waals surface area contributed by atoms with Gasteiger partial charge >= 0.3 is 0 Å². The Bertz CT molecular complexity index is 744. The molecule has 0 saturated carbocycles. The molecule has 1 aromatic carbocycles. The van der Waals surface area contributed by atoms with Crippen molar-refractivity contribution >= 4 is 23.4 Å². The van der Waals surface area contributed by atoms with Gasteiger partial charge in [-0.05, 0) is 12.8 Å². The van der Waals surface area contributed by atoms with Gasteiger partial charge in [0.25, 0.3) is 0 Å². The van der Waals surface area contributed by atoms with Crippen molar-refractivity contribution in [2.24, 2.45) is 5.92 Å². The lowest BCUT2D eigenvalue weighted by atomic mass is 9.97. The summed E-state index contributed by atoms with van der Waals surface area (Å²) in [5.74, 6) is 2.67. The lowest BCUT2D eigenvalue weighted by Gasteiger charge is -2.14. The molecule has 0 saturated heterocycles. The maximum atomic E-state index is 12.5. The number of aromatic amines is 1. The van der Waals surface area contributed by atoms with E-state index < -0.39 is 0 Å². The van der Waals surface area contributed by atoms with E-state index in [-0.39, 0.29) is 11.8 Å². The summed E-state index contributed by atoms with van der Waals surface area (Å²) in [6.45, 7) is 4.18. The molecule has 2 aromatic rings. The first-order valence-electron chi connectivity index (χ1n) is 9.49. The molecule has 2 rings (SSSR count). The van der Waals surface area contributed by atoms with E-state index in [2.05, 4.69) is 34.4 Å². The Balaban J connectivity index is 2.11. The number of carbonyl (C=O) groups excluding carboxylic acids is 1. The minimum Gasteiger partial charge on any atom is -0.493 e. The van der Waals surface area contributed by atoms with Crippen LogP contribution in [-0.4, -0.2) is 37.2 Å². The molecule has 0 aliphatic rings. The number of benzene rings is 1. The summed E-state index contributed by atoms with van der Waals surface area (Å²) in [6, 6.07) is 3.56. The van der Waals surface area contributed by atoms with E-state index in [0.29, 0.717) is 34.7 Å². The maximum Gasteiger partial charge on any atom is 0.228 e. The Kier molecular flexibility index (Phi) is 7.98. The van der Waals surface area contributed by atoms with Crippen LogP contribution in [0.25, 0.3) is 0 Å². The summed E-state index contributed by atoms with van der Waals surface area (Å²) in [7, 11) is 4.68. The third-order valence-electron chi connectivity index (χ3n) is 4.41. The van der Waals surface area contributed by atoms with Crippen LogP contribution < -0.4 is 24.8 Å². The van der Waals surface area contributed by atoms with E-state index >= 15 is 0 Å². The number of amides is 1. The van der Waals surface area contributed by atoms with Gasteiger partial charge in [-0.1, -0.05) is 26.7 Å². The van der Waals surface area contributed by atoms with Gasteiger partial charge < -0.3 is 29.8 Å². The van der Waals surface area contributed by atoms with Crippen LogP contribution in [0.2, 0.25) is 0 Å². The second kappa shape index (κ2) is 10.4. The zero-order chi connectivity index (χ0) is 20.5. The summed E-state index contributed by atoms with van der Waals surface area (Å²) in [5, 5.41) is 6.06. The third kappa shape index (κ3) is 5.31. The fourth-order valence-electron chi connectivity index (χ4n) is 3.08. The molecule has 0 atom stereocenters. The summed E-state index contributed by atoms with van der Waals surface area (Å²) < 4.78 is 16.0. The molecule has 8 nitrogen and oxygen atoms in total.